The molecule has 0 aromatic heterocycles. The van der Waals surface area contributed by atoms with Gasteiger partial charge in [0.2, 0.25) is 0 Å². The molecular formula is C19H20N2O6. The van der Waals surface area contributed by atoms with Crippen LogP contribution >= 0.6 is 0 Å². The van der Waals surface area contributed by atoms with Gasteiger partial charge in [-0.2, -0.15) is 0 Å². The van der Waals surface area contributed by atoms with Crippen molar-refractivity contribution in [3.8, 4) is 5.75 Å². The summed E-state index contributed by atoms with van der Waals surface area (Å²) in [6, 6.07) is 9.07. The Morgan fingerprint density at radius 3 is 2.30 bits per heavy atom. The van der Waals surface area contributed by atoms with Gasteiger partial charge in [-0.3, -0.25) is 14.9 Å². The van der Waals surface area contributed by atoms with Crippen LogP contribution in [0.3, 0.4) is 0 Å². The first-order chi connectivity index (χ1) is 12.7. The van der Waals surface area contributed by atoms with Gasteiger partial charge in [0.15, 0.2) is 6.10 Å². The van der Waals surface area contributed by atoms with E-state index in [9.17, 15) is 19.7 Å². The Morgan fingerprint density at radius 2 is 1.74 bits per heavy atom. The first kappa shape index (κ1) is 19.9. The molecule has 1 N–H and O–H groups in total. The second-order valence-corrected chi connectivity index (χ2v) is 6.05. The molecule has 142 valence electrons. The molecule has 2 aromatic carbocycles. The molecule has 0 fully saturated rings. The van der Waals surface area contributed by atoms with E-state index in [1.807, 2.05) is 19.9 Å². The van der Waals surface area contributed by atoms with E-state index in [1.165, 1.54) is 32.2 Å². The molecule has 8 heteroatoms. The van der Waals surface area contributed by atoms with Crippen molar-refractivity contribution in [1.82, 2.24) is 0 Å². The van der Waals surface area contributed by atoms with Crippen LogP contribution in [0.25, 0.3) is 0 Å². The average Bonchev–Trinajstić information content (AvgIpc) is 2.60. The number of non-ortho nitro benzene ring substituents is 1. The van der Waals surface area contributed by atoms with E-state index >= 15 is 0 Å². The van der Waals surface area contributed by atoms with Gasteiger partial charge in [0, 0.05) is 12.1 Å². The molecule has 27 heavy (non-hydrogen) atoms. The summed E-state index contributed by atoms with van der Waals surface area (Å²) in [5.74, 6) is -1.01. The molecule has 2 rings (SSSR count). The molecule has 0 spiro atoms. The van der Waals surface area contributed by atoms with Gasteiger partial charge in [0.05, 0.1) is 23.3 Å². The summed E-state index contributed by atoms with van der Waals surface area (Å²) in [4.78, 5) is 34.9. The molecule has 0 heterocycles. The average molecular weight is 372 g/mol. The SMILES string of the molecule is COc1ccc([N+](=O)[O-])cc1NC(=O)[C@@H](C)OC(=O)c1cc(C)cc(C)c1. The lowest BCUT2D eigenvalue weighted by Gasteiger charge is -2.15. The zero-order valence-electron chi connectivity index (χ0n) is 15.4. The summed E-state index contributed by atoms with van der Waals surface area (Å²) in [5, 5.41) is 13.4. The summed E-state index contributed by atoms with van der Waals surface area (Å²) in [5.41, 5.74) is 2.07. The lowest BCUT2D eigenvalue weighted by Crippen LogP contribution is -2.30. The number of nitro groups is 1. The quantitative estimate of drug-likeness (QED) is 0.473. The number of nitro benzene ring substituents is 1. The molecule has 0 saturated heterocycles. The maximum atomic E-state index is 12.3. The number of carbonyl (C=O) groups is 2. The Hall–Kier alpha value is -3.42. The number of methoxy groups -OCH3 is 1. The van der Waals surface area contributed by atoms with Gasteiger partial charge in [-0.25, -0.2) is 4.79 Å². The highest BCUT2D eigenvalue weighted by molar-refractivity contribution is 5.98. The number of aryl methyl sites for hydroxylation is 2. The van der Waals surface area contributed by atoms with E-state index in [0.29, 0.717) is 5.56 Å². The van der Waals surface area contributed by atoms with Crippen molar-refractivity contribution in [2.24, 2.45) is 0 Å². The number of esters is 1. The van der Waals surface area contributed by atoms with Crippen molar-refractivity contribution in [3.63, 3.8) is 0 Å². The number of benzene rings is 2. The van der Waals surface area contributed by atoms with Crippen molar-refractivity contribution >= 4 is 23.3 Å². The number of nitrogens with one attached hydrogen (secondary N) is 1. The van der Waals surface area contributed by atoms with Crippen molar-refractivity contribution < 1.29 is 24.0 Å². The summed E-state index contributed by atoms with van der Waals surface area (Å²) in [6.07, 6.45) is -1.11. The fraction of sp³-hybridized carbons (Fsp3) is 0.263. The number of ether oxygens (including phenoxy) is 2. The number of carbonyl (C=O) groups excluding carboxylic acids is 2. The molecule has 0 aliphatic carbocycles. The number of hydrogen-bond acceptors (Lipinski definition) is 6. The van der Waals surface area contributed by atoms with Crippen LogP contribution in [0.5, 0.6) is 5.75 Å². The van der Waals surface area contributed by atoms with Crippen LogP contribution in [0.2, 0.25) is 0 Å². The number of rotatable bonds is 6. The van der Waals surface area contributed by atoms with Crippen LogP contribution in [0, 0.1) is 24.0 Å². The highest BCUT2D eigenvalue weighted by Crippen LogP contribution is 2.29. The lowest BCUT2D eigenvalue weighted by molar-refractivity contribution is -0.384. The first-order valence-electron chi connectivity index (χ1n) is 8.14. The summed E-state index contributed by atoms with van der Waals surface area (Å²) < 4.78 is 10.3. The standard InChI is InChI=1S/C19H20N2O6/c1-11-7-12(2)9-14(8-11)19(23)27-13(3)18(22)20-16-10-15(21(24)25)5-6-17(16)26-4/h5-10,13H,1-4H3,(H,20,22)/t13-/m1/s1. The van der Waals surface area contributed by atoms with E-state index < -0.39 is 22.9 Å². The minimum atomic E-state index is -1.11. The molecule has 2 aromatic rings. The van der Waals surface area contributed by atoms with Gasteiger partial charge in [-0.1, -0.05) is 17.2 Å². The van der Waals surface area contributed by atoms with Crippen molar-refractivity contribution in [1.29, 1.82) is 0 Å². The third-order valence-electron chi connectivity index (χ3n) is 3.76. The Bertz CT molecular complexity index is 874. The fourth-order valence-electron chi connectivity index (χ4n) is 2.52. The highest BCUT2D eigenvalue weighted by Gasteiger charge is 2.21. The summed E-state index contributed by atoms with van der Waals surface area (Å²) in [6.45, 7) is 5.13. The molecule has 0 aliphatic heterocycles. The van der Waals surface area contributed by atoms with Gasteiger partial charge in [-0.15, -0.1) is 0 Å². The van der Waals surface area contributed by atoms with Crippen LogP contribution in [0.4, 0.5) is 11.4 Å². The molecule has 1 amide bonds. The van der Waals surface area contributed by atoms with Gasteiger partial charge < -0.3 is 14.8 Å². The smallest absolute Gasteiger partial charge is 0.338 e. The largest absolute Gasteiger partial charge is 0.495 e. The van der Waals surface area contributed by atoms with E-state index in [1.54, 1.807) is 12.1 Å². The minimum absolute atomic E-state index is 0.117. The van der Waals surface area contributed by atoms with Gasteiger partial charge >= 0.3 is 5.97 Å². The number of hydrogen-bond donors (Lipinski definition) is 1. The topological polar surface area (TPSA) is 108 Å². The Balaban J connectivity index is 2.12. The van der Waals surface area contributed by atoms with Crippen molar-refractivity contribution in [3.05, 3.63) is 63.2 Å². The second kappa shape index (κ2) is 8.31. The molecule has 0 aliphatic rings. The summed E-state index contributed by atoms with van der Waals surface area (Å²) in [7, 11) is 1.38. The van der Waals surface area contributed by atoms with Crippen LogP contribution in [-0.4, -0.2) is 30.0 Å². The van der Waals surface area contributed by atoms with Crippen molar-refractivity contribution in [2.75, 3.05) is 12.4 Å². The van der Waals surface area contributed by atoms with Crippen LogP contribution in [0.15, 0.2) is 36.4 Å². The van der Waals surface area contributed by atoms with E-state index in [2.05, 4.69) is 5.32 Å². The lowest BCUT2D eigenvalue weighted by atomic mass is 10.1. The third-order valence-corrected chi connectivity index (χ3v) is 3.76. The highest BCUT2D eigenvalue weighted by atomic mass is 16.6. The third kappa shape index (κ3) is 5.04. The molecule has 8 nitrogen and oxygen atoms in total. The molecular weight excluding hydrogens is 352 g/mol. The number of anilines is 1. The maximum absolute atomic E-state index is 12.3. The molecule has 0 radical (unpaired) electrons. The molecule has 0 bridgehead atoms. The van der Waals surface area contributed by atoms with Crippen molar-refractivity contribution in [2.45, 2.75) is 26.9 Å². The monoisotopic (exact) mass is 372 g/mol. The van der Waals surface area contributed by atoms with Gasteiger partial charge in [0.25, 0.3) is 11.6 Å². The zero-order valence-corrected chi connectivity index (χ0v) is 15.4. The molecule has 0 saturated carbocycles. The predicted octanol–water partition coefficient (Wildman–Crippen LogP) is 3.40. The van der Waals surface area contributed by atoms with E-state index in [0.717, 1.165) is 11.1 Å². The van der Waals surface area contributed by atoms with Gasteiger partial charge in [-0.05, 0) is 39.0 Å². The summed E-state index contributed by atoms with van der Waals surface area (Å²) >= 11 is 0. The number of nitrogens with zero attached hydrogens (tertiary/aromatic N) is 1. The molecule has 1 atom stereocenters. The van der Waals surface area contributed by atoms with Crippen LogP contribution in [0.1, 0.15) is 28.4 Å². The minimum Gasteiger partial charge on any atom is -0.495 e. The number of amides is 1. The zero-order chi connectivity index (χ0) is 20.1. The Labute approximate surface area is 156 Å². The van der Waals surface area contributed by atoms with E-state index in [4.69, 9.17) is 9.47 Å². The van der Waals surface area contributed by atoms with Crippen LogP contribution in [-0.2, 0) is 9.53 Å². The Kier molecular flexibility index (Phi) is 6.12. The van der Waals surface area contributed by atoms with Gasteiger partial charge in [0.1, 0.15) is 5.75 Å². The normalized spacial score (nSPS) is 11.4. The molecule has 0 unspecified atom stereocenters. The predicted molar refractivity (Wildman–Crippen MR) is 99.1 cm³/mol. The van der Waals surface area contributed by atoms with Crippen LogP contribution < -0.4 is 10.1 Å². The first-order valence-corrected chi connectivity index (χ1v) is 8.14. The second-order valence-electron chi connectivity index (χ2n) is 6.05. The maximum Gasteiger partial charge on any atom is 0.338 e. The Morgan fingerprint density at radius 1 is 1.11 bits per heavy atom. The fourth-order valence-corrected chi connectivity index (χ4v) is 2.52. The van der Waals surface area contributed by atoms with E-state index in [-0.39, 0.29) is 17.1 Å².